The maximum Gasteiger partial charge on any atom is 0.335 e. The van der Waals surface area contributed by atoms with E-state index in [0.29, 0.717) is 22.4 Å². The molecule has 4 rings (SSSR count). The second kappa shape index (κ2) is 12.0. The molecule has 6 nitrogen and oxygen atoms in total. The topological polar surface area (TPSA) is 88.5 Å². The lowest BCUT2D eigenvalue weighted by atomic mass is 9.84. The van der Waals surface area contributed by atoms with Gasteiger partial charge in [0.05, 0.1) is 18.4 Å². The number of anilines is 1. The van der Waals surface area contributed by atoms with Gasteiger partial charge in [0.1, 0.15) is 10.8 Å². The lowest BCUT2D eigenvalue weighted by molar-refractivity contribution is 0.0696. The van der Waals surface area contributed by atoms with E-state index >= 15 is 0 Å². The van der Waals surface area contributed by atoms with Gasteiger partial charge in [0.2, 0.25) is 0 Å². The van der Waals surface area contributed by atoms with Gasteiger partial charge in [-0.1, -0.05) is 57.4 Å². The zero-order valence-electron chi connectivity index (χ0n) is 19.2. The SMILES string of the molecule is CC.COc1cc(C(=O)O)ccc1NS(=O)c1csc(-c2ccc(C3CCCCC3)cc2)n1. The average molecular weight is 487 g/mol. The van der Waals surface area contributed by atoms with Crippen LogP contribution in [0.25, 0.3) is 10.6 Å². The molecule has 176 valence electrons. The molecule has 3 aromatic rings. The molecule has 2 aromatic carbocycles. The number of rotatable bonds is 7. The number of methoxy groups -OCH3 is 1. The number of hydrogen-bond acceptors (Lipinski definition) is 5. The fourth-order valence-corrected chi connectivity index (χ4v) is 5.76. The lowest BCUT2D eigenvalue weighted by Crippen LogP contribution is -2.07. The highest BCUT2D eigenvalue weighted by Crippen LogP contribution is 2.34. The minimum Gasteiger partial charge on any atom is -0.495 e. The van der Waals surface area contributed by atoms with Crippen molar-refractivity contribution in [2.45, 2.75) is 56.9 Å². The van der Waals surface area contributed by atoms with E-state index in [-0.39, 0.29) is 5.56 Å². The molecular formula is C25H30N2O4S2. The van der Waals surface area contributed by atoms with Crippen LogP contribution >= 0.6 is 11.3 Å². The van der Waals surface area contributed by atoms with Gasteiger partial charge >= 0.3 is 5.97 Å². The number of carboxylic acids is 1. The van der Waals surface area contributed by atoms with E-state index in [4.69, 9.17) is 9.84 Å². The highest BCUT2D eigenvalue weighted by atomic mass is 32.2. The minimum atomic E-state index is -1.60. The highest BCUT2D eigenvalue weighted by Gasteiger charge is 2.17. The third kappa shape index (κ3) is 6.21. The number of benzene rings is 2. The molecular weight excluding hydrogens is 456 g/mol. The summed E-state index contributed by atoms with van der Waals surface area (Å²) in [6.07, 6.45) is 6.50. The van der Waals surface area contributed by atoms with E-state index in [2.05, 4.69) is 34.0 Å². The van der Waals surface area contributed by atoms with E-state index in [1.54, 1.807) is 5.38 Å². The number of hydrogen-bond donors (Lipinski definition) is 2. The number of aromatic nitrogens is 1. The predicted octanol–water partition coefficient (Wildman–Crippen LogP) is 6.73. The Morgan fingerprint density at radius 1 is 1.12 bits per heavy atom. The normalized spacial score (nSPS) is 14.6. The fourth-order valence-electron chi connectivity index (χ4n) is 3.87. The van der Waals surface area contributed by atoms with Crippen molar-refractivity contribution < 1.29 is 18.8 Å². The maximum absolute atomic E-state index is 12.8. The van der Waals surface area contributed by atoms with Crippen molar-refractivity contribution in [2.24, 2.45) is 0 Å². The summed E-state index contributed by atoms with van der Waals surface area (Å²) in [4.78, 5) is 15.7. The van der Waals surface area contributed by atoms with Crippen LogP contribution in [0.3, 0.4) is 0 Å². The molecule has 1 fully saturated rings. The van der Waals surface area contributed by atoms with Gasteiger partial charge in [0.15, 0.2) is 16.0 Å². The number of aromatic carboxylic acids is 1. The molecule has 0 amide bonds. The monoisotopic (exact) mass is 486 g/mol. The van der Waals surface area contributed by atoms with Crippen molar-refractivity contribution in [1.82, 2.24) is 4.98 Å². The summed E-state index contributed by atoms with van der Waals surface area (Å²) in [5, 5.41) is 12.1. The zero-order valence-corrected chi connectivity index (χ0v) is 20.8. The van der Waals surface area contributed by atoms with Crippen LogP contribution in [0.15, 0.2) is 52.9 Å². The van der Waals surface area contributed by atoms with Gasteiger partial charge in [-0.25, -0.2) is 14.0 Å². The summed E-state index contributed by atoms with van der Waals surface area (Å²) in [7, 11) is -0.165. The summed E-state index contributed by atoms with van der Waals surface area (Å²) < 4.78 is 20.9. The molecule has 8 heteroatoms. The van der Waals surface area contributed by atoms with Crippen LogP contribution in [0.1, 0.15) is 67.8 Å². The Hall–Kier alpha value is -2.71. The quantitative estimate of drug-likeness (QED) is 0.387. The summed E-state index contributed by atoms with van der Waals surface area (Å²) >= 11 is 1.45. The molecule has 1 saturated carbocycles. The van der Waals surface area contributed by atoms with Crippen molar-refractivity contribution in [3.8, 4) is 16.3 Å². The van der Waals surface area contributed by atoms with Crippen LogP contribution in [-0.4, -0.2) is 27.4 Å². The van der Waals surface area contributed by atoms with Gasteiger partial charge in [-0.2, -0.15) is 0 Å². The number of nitrogens with zero attached hydrogens (tertiary/aromatic N) is 1. The lowest BCUT2D eigenvalue weighted by Gasteiger charge is -2.21. The summed E-state index contributed by atoms with van der Waals surface area (Å²) in [6, 6.07) is 12.9. The van der Waals surface area contributed by atoms with Crippen LogP contribution in [0.2, 0.25) is 0 Å². The van der Waals surface area contributed by atoms with E-state index < -0.39 is 17.0 Å². The van der Waals surface area contributed by atoms with Gasteiger partial charge < -0.3 is 9.84 Å². The zero-order chi connectivity index (χ0) is 23.8. The minimum absolute atomic E-state index is 0.0980. The molecule has 1 aliphatic rings. The Kier molecular flexibility index (Phi) is 9.03. The van der Waals surface area contributed by atoms with Crippen LogP contribution in [-0.2, 0) is 11.0 Å². The van der Waals surface area contributed by atoms with Gasteiger partial charge in [0, 0.05) is 10.9 Å². The summed E-state index contributed by atoms with van der Waals surface area (Å²) in [5.41, 5.74) is 2.94. The summed E-state index contributed by atoms with van der Waals surface area (Å²) in [5.74, 6) is -0.0829. The van der Waals surface area contributed by atoms with Gasteiger partial charge in [-0.05, 0) is 42.5 Å². The molecule has 0 bridgehead atoms. The van der Waals surface area contributed by atoms with Crippen LogP contribution < -0.4 is 9.46 Å². The molecule has 0 radical (unpaired) electrons. The molecule has 2 N–H and O–H groups in total. The van der Waals surface area contributed by atoms with E-state index in [1.807, 2.05) is 13.8 Å². The largest absolute Gasteiger partial charge is 0.495 e. The first kappa shape index (κ1) is 24.9. The Morgan fingerprint density at radius 3 is 2.45 bits per heavy atom. The van der Waals surface area contributed by atoms with Gasteiger partial charge in [0.25, 0.3) is 0 Å². The number of thiazole rings is 1. The van der Waals surface area contributed by atoms with Crippen molar-refractivity contribution in [3.05, 3.63) is 59.0 Å². The first-order valence-electron chi connectivity index (χ1n) is 11.2. The van der Waals surface area contributed by atoms with E-state index in [9.17, 15) is 9.00 Å². The first-order valence-corrected chi connectivity index (χ1v) is 13.2. The first-order chi connectivity index (χ1) is 16.0. The molecule has 1 heterocycles. The van der Waals surface area contributed by atoms with Crippen LogP contribution in [0, 0.1) is 0 Å². The standard InChI is InChI=1S/C23H24N2O4S2.C2H6/c1-29-20-13-18(23(26)27)11-12-19(20)25-31(28)21-14-30-22(24-21)17-9-7-16(8-10-17)15-5-3-2-4-6-15;1-2/h7-15,25H,2-6H2,1H3,(H,26,27);1-2H3. The average Bonchev–Trinajstić information content (AvgIpc) is 3.36. The molecule has 1 unspecified atom stereocenters. The highest BCUT2D eigenvalue weighted by molar-refractivity contribution is 7.86. The van der Waals surface area contributed by atoms with Crippen molar-refractivity contribution in [3.63, 3.8) is 0 Å². The Balaban J connectivity index is 0.00000149. The predicted molar refractivity (Wildman–Crippen MR) is 135 cm³/mol. The smallest absolute Gasteiger partial charge is 0.335 e. The van der Waals surface area contributed by atoms with Gasteiger partial charge in [-0.3, -0.25) is 4.72 Å². The van der Waals surface area contributed by atoms with E-state index in [1.165, 1.54) is 74.3 Å². The van der Waals surface area contributed by atoms with Gasteiger partial charge in [-0.15, -0.1) is 11.3 Å². The second-order valence-corrected chi connectivity index (χ2v) is 9.56. The molecule has 1 atom stereocenters. The molecule has 0 aliphatic heterocycles. The number of nitrogens with one attached hydrogen (secondary N) is 1. The second-order valence-electron chi connectivity index (χ2n) is 7.54. The van der Waals surface area contributed by atoms with Crippen molar-refractivity contribution in [2.75, 3.05) is 11.8 Å². The molecule has 1 aromatic heterocycles. The maximum atomic E-state index is 12.8. The van der Waals surface area contributed by atoms with Crippen LogP contribution in [0.5, 0.6) is 5.75 Å². The Labute approximate surface area is 201 Å². The fraction of sp³-hybridized carbons (Fsp3) is 0.360. The Bertz CT molecular complexity index is 1090. The molecule has 1 aliphatic carbocycles. The molecule has 33 heavy (non-hydrogen) atoms. The van der Waals surface area contributed by atoms with Crippen molar-refractivity contribution in [1.29, 1.82) is 0 Å². The molecule has 0 spiro atoms. The Morgan fingerprint density at radius 2 is 1.82 bits per heavy atom. The summed E-state index contributed by atoms with van der Waals surface area (Å²) in [6.45, 7) is 4.00. The number of carbonyl (C=O) groups is 1. The third-order valence-electron chi connectivity index (χ3n) is 5.56. The number of carboxylic acid groups (broad SMARTS) is 1. The number of ether oxygens (including phenoxy) is 1. The van der Waals surface area contributed by atoms with Crippen molar-refractivity contribution >= 4 is 34.0 Å². The van der Waals surface area contributed by atoms with E-state index in [0.717, 1.165) is 10.6 Å². The molecule has 0 saturated heterocycles. The van der Waals surface area contributed by atoms with Crippen LogP contribution in [0.4, 0.5) is 5.69 Å². The third-order valence-corrected chi connectivity index (χ3v) is 7.59.